The molecule has 0 radical (unpaired) electrons. The van der Waals surface area contributed by atoms with E-state index in [-0.39, 0.29) is 24.2 Å². The average molecular weight is 207 g/mol. The standard InChI is InChI=1S/C10H13N3O2/c11-6-12-10(15)8-3-9(14)13(5-8)4-7-1-2-7/h7-8H,1-5H2,(H,12,15). The number of nitrogens with one attached hydrogen (secondary N) is 1. The maximum absolute atomic E-state index is 11.5. The molecule has 1 saturated carbocycles. The molecule has 1 heterocycles. The summed E-state index contributed by atoms with van der Waals surface area (Å²) in [6.07, 6.45) is 4.23. The number of rotatable bonds is 3. The Balaban J connectivity index is 1.88. The van der Waals surface area contributed by atoms with Gasteiger partial charge in [0.25, 0.3) is 0 Å². The highest BCUT2D eigenvalue weighted by Gasteiger charge is 2.36. The van der Waals surface area contributed by atoms with E-state index in [0.29, 0.717) is 12.5 Å². The molecule has 5 heteroatoms. The van der Waals surface area contributed by atoms with E-state index in [1.807, 2.05) is 0 Å². The van der Waals surface area contributed by atoms with Gasteiger partial charge in [0, 0.05) is 19.5 Å². The van der Waals surface area contributed by atoms with Crippen LogP contribution in [0.2, 0.25) is 0 Å². The molecule has 0 bridgehead atoms. The lowest BCUT2D eigenvalue weighted by molar-refractivity contribution is -0.128. The van der Waals surface area contributed by atoms with Crippen molar-refractivity contribution >= 4 is 11.8 Å². The zero-order chi connectivity index (χ0) is 10.8. The van der Waals surface area contributed by atoms with Gasteiger partial charge < -0.3 is 4.90 Å². The van der Waals surface area contributed by atoms with Gasteiger partial charge >= 0.3 is 0 Å². The Kier molecular flexibility index (Phi) is 2.58. The fourth-order valence-electron chi connectivity index (χ4n) is 1.89. The molecule has 1 atom stereocenters. The van der Waals surface area contributed by atoms with E-state index in [9.17, 15) is 9.59 Å². The number of nitriles is 1. The van der Waals surface area contributed by atoms with Crippen molar-refractivity contribution in [1.29, 1.82) is 5.26 Å². The normalized spacial score (nSPS) is 25.1. The van der Waals surface area contributed by atoms with Crippen LogP contribution in [0.15, 0.2) is 0 Å². The average Bonchev–Trinajstić information content (AvgIpc) is 2.92. The van der Waals surface area contributed by atoms with Crippen molar-refractivity contribution in [1.82, 2.24) is 10.2 Å². The summed E-state index contributed by atoms with van der Waals surface area (Å²) in [7, 11) is 0. The van der Waals surface area contributed by atoms with Gasteiger partial charge in [0.1, 0.15) is 0 Å². The molecule has 0 spiro atoms. The summed E-state index contributed by atoms with van der Waals surface area (Å²) >= 11 is 0. The third-order valence-electron chi connectivity index (χ3n) is 2.94. The van der Waals surface area contributed by atoms with Crippen LogP contribution in [0, 0.1) is 23.3 Å². The van der Waals surface area contributed by atoms with E-state index >= 15 is 0 Å². The summed E-state index contributed by atoms with van der Waals surface area (Å²) in [4.78, 5) is 24.6. The molecule has 5 nitrogen and oxygen atoms in total. The first-order chi connectivity index (χ1) is 7.20. The van der Waals surface area contributed by atoms with Crippen molar-refractivity contribution < 1.29 is 9.59 Å². The van der Waals surface area contributed by atoms with Gasteiger partial charge in [0.15, 0.2) is 6.19 Å². The molecule has 0 aromatic carbocycles. The lowest BCUT2D eigenvalue weighted by Crippen LogP contribution is -2.31. The van der Waals surface area contributed by atoms with E-state index in [2.05, 4.69) is 5.32 Å². The Labute approximate surface area is 88.0 Å². The molecule has 1 aliphatic heterocycles. The molecule has 1 unspecified atom stereocenters. The number of hydrogen-bond acceptors (Lipinski definition) is 3. The predicted molar refractivity (Wildman–Crippen MR) is 51.2 cm³/mol. The number of carbonyl (C=O) groups excluding carboxylic acids is 2. The molecule has 0 aromatic rings. The SMILES string of the molecule is N#CNC(=O)C1CC(=O)N(CC2CC2)C1. The Morgan fingerprint density at radius 3 is 2.93 bits per heavy atom. The summed E-state index contributed by atoms with van der Waals surface area (Å²) in [5.41, 5.74) is 0. The van der Waals surface area contributed by atoms with Crippen LogP contribution < -0.4 is 5.32 Å². The van der Waals surface area contributed by atoms with Crippen LogP contribution in [0.5, 0.6) is 0 Å². The number of hydrogen-bond donors (Lipinski definition) is 1. The van der Waals surface area contributed by atoms with E-state index in [1.165, 1.54) is 12.8 Å². The second-order valence-electron chi connectivity index (χ2n) is 4.24. The highest BCUT2D eigenvalue weighted by atomic mass is 16.2. The first kappa shape index (κ1) is 9.97. The zero-order valence-corrected chi connectivity index (χ0v) is 8.40. The van der Waals surface area contributed by atoms with E-state index in [4.69, 9.17) is 5.26 Å². The van der Waals surface area contributed by atoms with Crippen LogP contribution in [-0.2, 0) is 9.59 Å². The van der Waals surface area contributed by atoms with Gasteiger partial charge in [0.2, 0.25) is 11.8 Å². The van der Waals surface area contributed by atoms with Crippen molar-refractivity contribution in [2.75, 3.05) is 13.1 Å². The monoisotopic (exact) mass is 207 g/mol. The molecule has 0 aromatic heterocycles. The maximum atomic E-state index is 11.5. The van der Waals surface area contributed by atoms with E-state index < -0.39 is 0 Å². The Morgan fingerprint density at radius 2 is 2.33 bits per heavy atom. The molecule has 2 fully saturated rings. The third-order valence-corrected chi connectivity index (χ3v) is 2.94. The third kappa shape index (κ3) is 2.27. The van der Waals surface area contributed by atoms with Crippen LogP contribution in [0.4, 0.5) is 0 Å². The van der Waals surface area contributed by atoms with Crippen molar-refractivity contribution in [2.24, 2.45) is 11.8 Å². The minimum Gasteiger partial charge on any atom is -0.342 e. The molecule has 2 aliphatic rings. The summed E-state index contributed by atoms with van der Waals surface area (Å²) in [6.45, 7) is 1.26. The zero-order valence-electron chi connectivity index (χ0n) is 8.40. The molecular weight excluding hydrogens is 194 g/mol. The molecular formula is C10H13N3O2. The molecule has 1 saturated heterocycles. The summed E-state index contributed by atoms with van der Waals surface area (Å²) in [5.74, 6) is 0.0202. The van der Waals surface area contributed by atoms with E-state index in [1.54, 1.807) is 11.1 Å². The van der Waals surface area contributed by atoms with Crippen LogP contribution in [-0.4, -0.2) is 29.8 Å². The molecule has 80 valence electrons. The van der Waals surface area contributed by atoms with Gasteiger partial charge in [-0.25, -0.2) is 0 Å². The molecule has 15 heavy (non-hydrogen) atoms. The number of nitrogens with zero attached hydrogens (tertiary/aromatic N) is 2. The van der Waals surface area contributed by atoms with Crippen molar-refractivity contribution in [2.45, 2.75) is 19.3 Å². The first-order valence-electron chi connectivity index (χ1n) is 5.17. The van der Waals surface area contributed by atoms with Crippen molar-refractivity contribution in [3.63, 3.8) is 0 Å². The number of amides is 2. The van der Waals surface area contributed by atoms with Gasteiger partial charge in [-0.15, -0.1) is 0 Å². The Morgan fingerprint density at radius 1 is 1.60 bits per heavy atom. The van der Waals surface area contributed by atoms with E-state index in [0.717, 1.165) is 6.54 Å². The van der Waals surface area contributed by atoms with Crippen LogP contribution in [0.1, 0.15) is 19.3 Å². The first-order valence-corrected chi connectivity index (χ1v) is 5.17. The second-order valence-corrected chi connectivity index (χ2v) is 4.24. The van der Waals surface area contributed by atoms with Gasteiger partial charge in [-0.05, 0) is 18.8 Å². The number of likely N-dealkylation sites (tertiary alicyclic amines) is 1. The summed E-state index contributed by atoms with van der Waals surface area (Å²) in [6, 6.07) is 0. The van der Waals surface area contributed by atoms with Gasteiger partial charge in [-0.1, -0.05) is 0 Å². The maximum Gasteiger partial charge on any atom is 0.238 e. The predicted octanol–water partition coefficient (Wildman–Crippen LogP) is -0.158. The summed E-state index contributed by atoms with van der Waals surface area (Å²) in [5, 5.41) is 10.4. The fraction of sp³-hybridized carbons (Fsp3) is 0.700. The highest BCUT2D eigenvalue weighted by molar-refractivity contribution is 5.89. The van der Waals surface area contributed by atoms with Crippen LogP contribution in [0.3, 0.4) is 0 Å². The van der Waals surface area contributed by atoms with Gasteiger partial charge in [-0.3, -0.25) is 14.9 Å². The second kappa shape index (κ2) is 3.89. The lowest BCUT2D eigenvalue weighted by Gasteiger charge is -2.15. The topological polar surface area (TPSA) is 73.2 Å². The lowest BCUT2D eigenvalue weighted by atomic mass is 10.1. The molecule has 2 rings (SSSR count). The molecule has 1 aliphatic carbocycles. The minimum atomic E-state index is -0.337. The Bertz CT molecular complexity index is 330. The highest BCUT2D eigenvalue weighted by Crippen LogP contribution is 2.31. The Hall–Kier alpha value is -1.57. The van der Waals surface area contributed by atoms with Crippen LogP contribution in [0.25, 0.3) is 0 Å². The molecule has 2 amide bonds. The van der Waals surface area contributed by atoms with Gasteiger partial charge in [-0.2, -0.15) is 5.26 Å². The van der Waals surface area contributed by atoms with Crippen LogP contribution >= 0.6 is 0 Å². The van der Waals surface area contributed by atoms with Crippen molar-refractivity contribution in [3.05, 3.63) is 0 Å². The summed E-state index contributed by atoms with van der Waals surface area (Å²) < 4.78 is 0. The number of carbonyl (C=O) groups is 2. The van der Waals surface area contributed by atoms with Gasteiger partial charge in [0.05, 0.1) is 5.92 Å². The largest absolute Gasteiger partial charge is 0.342 e. The fourth-order valence-corrected chi connectivity index (χ4v) is 1.89. The minimum absolute atomic E-state index is 0.0417. The smallest absolute Gasteiger partial charge is 0.238 e. The quantitative estimate of drug-likeness (QED) is 0.516. The van der Waals surface area contributed by atoms with Crippen molar-refractivity contribution in [3.8, 4) is 6.19 Å². The molecule has 1 N–H and O–H groups in total.